The molecule has 0 spiro atoms. The first kappa shape index (κ1) is 25.8. The van der Waals surface area contributed by atoms with Crippen molar-refractivity contribution >= 4 is 45.4 Å². The van der Waals surface area contributed by atoms with Crippen LogP contribution in [0.25, 0.3) is 11.1 Å². The molecule has 3 aromatic rings. The number of fused-ring (bicyclic) bond motifs is 6. The number of esters is 1. The number of carbonyl (C=O) groups excluding carboxylic acids is 2. The highest BCUT2D eigenvalue weighted by molar-refractivity contribution is 9.10. The second kappa shape index (κ2) is 10.4. The zero-order chi connectivity index (χ0) is 26.1. The molecule has 4 bridgehead atoms. The zero-order valence-electron chi connectivity index (χ0n) is 19.4. The molecular formula is C25H21BrF2N2O5S. The minimum atomic E-state index is -0.876. The van der Waals surface area contributed by atoms with Crippen LogP contribution in [0.2, 0.25) is 0 Å². The number of ether oxygens (including phenoxy) is 2. The fraction of sp³-hybridized carbons (Fsp3) is 0.200. The molecule has 7 nitrogen and oxygen atoms in total. The fourth-order valence-electron chi connectivity index (χ4n) is 3.75. The lowest BCUT2D eigenvalue weighted by atomic mass is 10.00. The topological polar surface area (TPSA) is 88.1 Å². The molecule has 0 aliphatic carbocycles. The van der Waals surface area contributed by atoms with Gasteiger partial charge in [-0.25, -0.2) is 13.6 Å². The second-order valence-electron chi connectivity index (χ2n) is 8.14. The summed E-state index contributed by atoms with van der Waals surface area (Å²) < 4.78 is 43.7. The summed E-state index contributed by atoms with van der Waals surface area (Å²) in [5, 5.41) is 10.5. The molecule has 0 radical (unpaired) electrons. The standard InChI is InChI=1S/C25H21BrF2N2O5S/c1-12-11-30(2)24(32)14-7-17(26)23(31)22(8-14)36-29-20-9-15(18(27)10-19(20)28)16-6-13(25(33)34-3)4-5-21(16)35-12/h4-10,12,29,31H,11H2,1-3H3. The van der Waals surface area contributed by atoms with Gasteiger partial charge in [0.25, 0.3) is 5.91 Å². The molecule has 1 aliphatic rings. The van der Waals surface area contributed by atoms with Crippen LogP contribution in [-0.4, -0.2) is 48.7 Å². The van der Waals surface area contributed by atoms with Gasteiger partial charge in [-0.3, -0.25) is 4.79 Å². The molecule has 1 aliphatic heterocycles. The highest BCUT2D eigenvalue weighted by Gasteiger charge is 2.23. The molecule has 4 rings (SSSR count). The van der Waals surface area contributed by atoms with Crippen molar-refractivity contribution in [3.05, 3.63) is 69.7 Å². The predicted molar refractivity (Wildman–Crippen MR) is 135 cm³/mol. The van der Waals surface area contributed by atoms with E-state index in [1.165, 1.54) is 48.4 Å². The Hall–Kier alpha value is -3.31. The summed E-state index contributed by atoms with van der Waals surface area (Å²) in [6, 6.07) is 9.31. The van der Waals surface area contributed by atoms with Gasteiger partial charge in [-0.2, -0.15) is 0 Å². The van der Waals surface area contributed by atoms with E-state index in [1.807, 2.05) is 0 Å². The number of phenolic OH excluding ortho intramolecular Hbond substituents is 1. The summed E-state index contributed by atoms with van der Waals surface area (Å²) in [4.78, 5) is 26.9. The smallest absolute Gasteiger partial charge is 0.337 e. The number of nitrogens with one attached hydrogen (secondary N) is 1. The number of nitrogens with zero attached hydrogens (tertiary/aromatic N) is 1. The molecular weight excluding hydrogens is 558 g/mol. The Morgan fingerprint density at radius 1 is 1.19 bits per heavy atom. The van der Waals surface area contributed by atoms with E-state index in [0.717, 1.165) is 18.0 Å². The number of carbonyl (C=O) groups is 2. The van der Waals surface area contributed by atoms with E-state index in [0.29, 0.717) is 0 Å². The quantitative estimate of drug-likeness (QED) is 0.276. The van der Waals surface area contributed by atoms with Crippen molar-refractivity contribution in [3.8, 4) is 22.6 Å². The van der Waals surface area contributed by atoms with E-state index < -0.39 is 23.7 Å². The number of hydrogen-bond acceptors (Lipinski definition) is 7. The number of rotatable bonds is 1. The van der Waals surface area contributed by atoms with E-state index in [-0.39, 0.29) is 61.3 Å². The van der Waals surface area contributed by atoms with Crippen LogP contribution in [0.15, 0.2) is 51.8 Å². The molecule has 3 aromatic carbocycles. The summed E-state index contributed by atoms with van der Waals surface area (Å²) in [7, 11) is 2.83. The van der Waals surface area contributed by atoms with Crippen molar-refractivity contribution in [2.45, 2.75) is 17.9 Å². The number of phenols is 1. The van der Waals surface area contributed by atoms with Gasteiger partial charge in [-0.05, 0) is 71.2 Å². The number of likely N-dealkylation sites (N-methyl/N-ethyl adjacent to an activating group) is 1. The lowest BCUT2D eigenvalue weighted by molar-refractivity contribution is 0.0600. The van der Waals surface area contributed by atoms with Crippen LogP contribution < -0.4 is 9.46 Å². The molecule has 0 fully saturated rings. The molecule has 188 valence electrons. The van der Waals surface area contributed by atoms with Gasteiger partial charge >= 0.3 is 5.97 Å². The lowest BCUT2D eigenvalue weighted by Gasteiger charge is -2.24. The molecule has 2 N–H and O–H groups in total. The normalized spacial score (nSPS) is 15.7. The summed E-state index contributed by atoms with van der Waals surface area (Å²) in [6.45, 7) is 1.91. The summed E-state index contributed by atoms with van der Waals surface area (Å²) in [6.07, 6.45) is -0.540. The van der Waals surface area contributed by atoms with Crippen molar-refractivity contribution in [1.82, 2.24) is 4.90 Å². The molecule has 1 amide bonds. The molecule has 0 saturated carbocycles. The monoisotopic (exact) mass is 578 g/mol. The van der Waals surface area contributed by atoms with Crippen molar-refractivity contribution in [2.75, 3.05) is 25.4 Å². The Morgan fingerprint density at radius 3 is 2.67 bits per heavy atom. The van der Waals surface area contributed by atoms with Crippen molar-refractivity contribution < 1.29 is 33.0 Å². The van der Waals surface area contributed by atoms with Gasteiger partial charge < -0.3 is 24.2 Å². The van der Waals surface area contributed by atoms with Crippen molar-refractivity contribution in [2.24, 2.45) is 0 Å². The van der Waals surface area contributed by atoms with Crippen LogP contribution in [0.4, 0.5) is 14.5 Å². The maximum atomic E-state index is 15.1. The molecule has 1 unspecified atom stereocenters. The number of methoxy groups -OCH3 is 1. The first-order valence-electron chi connectivity index (χ1n) is 10.7. The predicted octanol–water partition coefficient (Wildman–Crippen LogP) is 5.86. The Balaban J connectivity index is 1.90. The number of anilines is 1. The third kappa shape index (κ3) is 5.12. The maximum absolute atomic E-state index is 15.1. The average molecular weight is 579 g/mol. The Bertz CT molecular complexity index is 1370. The molecule has 36 heavy (non-hydrogen) atoms. The first-order chi connectivity index (χ1) is 17.1. The maximum Gasteiger partial charge on any atom is 0.337 e. The largest absolute Gasteiger partial charge is 0.506 e. The molecule has 1 atom stereocenters. The average Bonchev–Trinajstić information content (AvgIpc) is 2.84. The summed E-state index contributed by atoms with van der Waals surface area (Å²) in [5.41, 5.74) is 0.530. The van der Waals surface area contributed by atoms with Gasteiger partial charge in [-0.15, -0.1) is 0 Å². The van der Waals surface area contributed by atoms with Crippen molar-refractivity contribution in [3.63, 3.8) is 0 Å². The van der Waals surface area contributed by atoms with Gasteiger partial charge in [0.15, 0.2) is 0 Å². The van der Waals surface area contributed by atoms with Gasteiger partial charge in [-0.1, -0.05) is 0 Å². The minimum absolute atomic E-state index is 0.0223. The van der Waals surface area contributed by atoms with Gasteiger partial charge in [0, 0.05) is 29.8 Å². The fourth-order valence-corrected chi connectivity index (χ4v) is 5.11. The Labute approximate surface area is 218 Å². The number of aromatic hydroxyl groups is 1. The van der Waals surface area contributed by atoms with Crippen LogP contribution in [0, 0.1) is 11.6 Å². The van der Waals surface area contributed by atoms with E-state index in [1.54, 1.807) is 14.0 Å². The number of halogens is 3. The number of amides is 1. The van der Waals surface area contributed by atoms with E-state index in [2.05, 4.69) is 20.7 Å². The highest BCUT2D eigenvalue weighted by Crippen LogP contribution is 2.40. The lowest BCUT2D eigenvalue weighted by Crippen LogP contribution is -2.35. The molecule has 0 aromatic heterocycles. The molecule has 1 heterocycles. The van der Waals surface area contributed by atoms with Crippen LogP contribution in [0.3, 0.4) is 0 Å². The number of hydrogen-bond donors (Lipinski definition) is 2. The molecule has 11 heteroatoms. The second-order valence-corrected chi connectivity index (χ2v) is 9.84. The third-order valence-electron chi connectivity index (χ3n) is 5.50. The van der Waals surface area contributed by atoms with E-state index in [4.69, 9.17) is 9.47 Å². The van der Waals surface area contributed by atoms with E-state index >= 15 is 4.39 Å². The van der Waals surface area contributed by atoms with Crippen LogP contribution in [0.1, 0.15) is 27.6 Å². The number of benzene rings is 3. The van der Waals surface area contributed by atoms with Gasteiger partial charge in [0.1, 0.15) is 29.2 Å². The Kier molecular flexibility index (Phi) is 7.41. The third-order valence-corrected chi connectivity index (χ3v) is 6.96. The highest BCUT2D eigenvalue weighted by atomic mass is 79.9. The van der Waals surface area contributed by atoms with Crippen LogP contribution >= 0.6 is 27.9 Å². The SMILES string of the molecule is COC(=O)c1ccc2c(c1)-c1cc(c(F)cc1F)NSc1cc(cc(Br)c1O)C(=O)N(C)CC(C)O2. The minimum Gasteiger partial charge on any atom is -0.506 e. The summed E-state index contributed by atoms with van der Waals surface area (Å²) in [5.74, 6) is -2.63. The van der Waals surface area contributed by atoms with Gasteiger partial charge in [0.2, 0.25) is 0 Å². The Morgan fingerprint density at radius 2 is 1.94 bits per heavy atom. The van der Waals surface area contributed by atoms with Crippen molar-refractivity contribution in [1.29, 1.82) is 0 Å². The van der Waals surface area contributed by atoms with Crippen LogP contribution in [-0.2, 0) is 4.74 Å². The first-order valence-corrected chi connectivity index (χ1v) is 12.3. The summed E-state index contributed by atoms with van der Waals surface area (Å²) >= 11 is 4.10. The molecule has 0 saturated heterocycles. The van der Waals surface area contributed by atoms with Crippen LogP contribution in [0.5, 0.6) is 11.5 Å². The zero-order valence-corrected chi connectivity index (χ0v) is 21.8. The van der Waals surface area contributed by atoms with Gasteiger partial charge in [0.05, 0.1) is 34.3 Å². The van der Waals surface area contributed by atoms with E-state index in [9.17, 15) is 19.1 Å².